The number of hydrogen-bond acceptors (Lipinski definition) is 8. The lowest BCUT2D eigenvalue weighted by molar-refractivity contribution is -0.384. The number of nitro benzene ring substituents is 1. The molecule has 0 spiro atoms. The van der Waals surface area contributed by atoms with Gasteiger partial charge in [0.25, 0.3) is 5.69 Å². The number of sulfonamides is 1. The van der Waals surface area contributed by atoms with Crippen LogP contribution in [0.2, 0.25) is 0 Å². The normalized spacial score (nSPS) is 17.5. The molecule has 11 nitrogen and oxygen atoms in total. The monoisotopic (exact) mass is 518 g/mol. The SMILES string of the molecule is COc1cccc(CNC(=O)C2CCN(c3ccc(S(=O)(=O)N4CCOCC4)cc3[N+](=O)[O-])CC2)c1. The van der Waals surface area contributed by atoms with Gasteiger partial charge in [0.2, 0.25) is 15.9 Å². The highest BCUT2D eigenvalue weighted by atomic mass is 32.2. The lowest BCUT2D eigenvalue weighted by Crippen LogP contribution is -2.41. The summed E-state index contributed by atoms with van der Waals surface area (Å²) in [6, 6.07) is 11.5. The highest BCUT2D eigenvalue weighted by molar-refractivity contribution is 7.89. The zero-order chi connectivity index (χ0) is 25.7. The van der Waals surface area contributed by atoms with Gasteiger partial charge in [-0.1, -0.05) is 12.1 Å². The second-order valence-electron chi connectivity index (χ2n) is 8.75. The number of benzene rings is 2. The van der Waals surface area contributed by atoms with Crippen LogP contribution in [-0.4, -0.2) is 70.1 Å². The van der Waals surface area contributed by atoms with Crippen molar-refractivity contribution in [2.24, 2.45) is 5.92 Å². The maximum atomic E-state index is 13.0. The first-order chi connectivity index (χ1) is 17.3. The summed E-state index contributed by atoms with van der Waals surface area (Å²) in [6.07, 6.45) is 1.07. The van der Waals surface area contributed by atoms with Crippen molar-refractivity contribution < 1.29 is 27.6 Å². The number of carbonyl (C=O) groups is 1. The summed E-state index contributed by atoms with van der Waals surface area (Å²) in [4.78, 5) is 25.7. The zero-order valence-corrected chi connectivity index (χ0v) is 20.9. The molecule has 2 aliphatic rings. The van der Waals surface area contributed by atoms with Gasteiger partial charge in [0.05, 0.1) is 30.1 Å². The highest BCUT2D eigenvalue weighted by Gasteiger charge is 2.32. The molecule has 0 radical (unpaired) electrons. The van der Waals surface area contributed by atoms with E-state index >= 15 is 0 Å². The van der Waals surface area contributed by atoms with Crippen LogP contribution in [0.3, 0.4) is 0 Å². The van der Waals surface area contributed by atoms with Crippen LogP contribution < -0.4 is 15.0 Å². The van der Waals surface area contributed by atoms with Crippen LogP contribution in [0.4, 0.5) is 11.4 Å². The minimum Gasteiger partial charge on any atom is -0.497 e. The molecule has 2 saturated heterocycles. The average molecular weight is 519 g/mol. The Balaban J connectivity index is 1.40. The van der Waals surface area contributed by atoms with Crippen molar-refractivity contribution in [1.29, 1.82) is 0 Å². The lowest BCUT2D eigenvalue weighted by Gasteiger charge is -2.33. The largest absolute Gasteiger partial charge is 0.497 e. The van der Waals surface area contributed by atoms with E-state index in [-0.39, 0.29) is 35.5 Å². The quantitative estimate of drug-likeness (QED) is 0.415. The lowest BCUT2D eigenvalue weighted by atomic mass is 9.95. The fraction of sp³-hybridized carbons (Fsp3) is 0.458. The third-order valence-corrected chi connectivity index (χ3v) is 8.45. The molecule has 0 aromatic heterocycles. The van der Waals surface area contributed by atoms with Crippen LogP contribution in [-0.2, 0) is 26.1 Å². The van der Waals surface area contributed by atoms with E-state index in [2.05, 4.69) is 5.32 Å². The van der Waals surface area contributed by atoms with Gasteiger partial charge in [-0.05, 0) is 42.7 Å². The van der Waals surface area contributed by atoms with Crippen molar-refractivity contribution in [3.05, 3.63) is 58.1 Å². The third-order valence-electron chi connectivity index (χ3n) is 6.56. The molecule has 2 fully saturated rings. The van der Waals surface area contributed by atoms with Gasteiger partial charge in [-0.3, -0.25) is 14.9 Å². The van der Waals surface area contributed by atoms with Crippen LogP contribution in [0.25, 0.3) is 0 Å². The molecule has 0 saturated carbocycles. The number of hydrogen-bond donors (Lipinski definition) is 1. The molecule has 36 heavy (non-hydrogen) atoms. The van der Waals surface area contributed by atoms with Crippen molar-refractivity contribution in [3.8, 4) is 5.75 Å². The van der Waals surface area contributed by atoms with Crippen molar-refractivity contribution in [1.82, 2.24) is 9.62 Å². The number of amides is 1. The Hall–Kier alpha value is -3.22. The number of ether oxygens (including phenoxy) is 2. The Kier molecular flexibility index (Phi) is 8.07. The topological polar surface area (TPSA) is 131 Å². The fourth-order valence-corrected chi connectivity index (χ4v) is 5.94. The summed E-state index contributed by atoms with van der Waals surface area (Å²) in [7, 11) is -2.26. The Morgan fingerprint density at radius 1 is 1.14 bits per heavy atom. The number of nitrogens with zero attached hydrogens (tertiary/aromatic N) is 3. The molecule has 1 N–H and O–H groups in total. The predicted octanol–water partition coefficient (Wildman–Crippen LogP) is 2.16. The summed E-state index contributed by atoms with van der Waals surface area (Å²) < 4.78 is 37.6. The molecule has 1 amide bonds. The highest BCUT2D eigenvalue weighted by Crippen LogP contribution is 2.34. The first kappa shape index (κ1) is 25.9. The second-order valence-corrected chi connectivity index (χ2v) is 10.7. The van der Waals surface area contributed by atoms with Crippen molar-refractivity contribution >= 4 is 27.3 Å². The van der Waals surface area contributed by atoms with E-state index < -0.39 is 14.9 Å². The predicted molar refractivity (Wildman–Crippen MR) is 132 cm³/mol. The Bertz CT molecular complexity index is 1210. The standard InChI is InChI=1S/C24H30N4O7S/c1-34-20-4-2-3-18(15-20)17-25-24(29)19-7-9-26(10-8-19)22-6-5-21(16-23(22)28(30)31)36(32,33)27-11-13-35-14-12-27/h2-6,15-16,19H,7-14,17H2,1H3,(H,25,29). The maximum Gasteiger partial charge on any atom is 0.293 e. The second kappa shape index (κ2) is 11.2. The molecule has 2 heterocycles. The number of anilines is 1. The van der Waals surface area contributed by atoms with Crippen LogP contribution in [0.1, 0.15) is 18.4 Å². The van der Waals surface area contributed by atoms with E-state index in [1.165, 1.54) is 16.4 Å². The first-order valence-electron chi connectivity index (χ1n) is 11.8. The minimum absolute atomic E-state index is 0.0566. The van der Waals surface area contributed by atoms with E-state index in [1.807, 2.05) is 29.2 Å². The molecular formula is C24H30N4O7S. The van der Waals surface area contributed by atoms with E-state index in [0.29, 0.717) is 51.4 Å². The van der Waals surface area contributed by atoms with Gasteiger partial charge in [-0.2, -0.15) is 4.31 Å². The molecule has 2 aromatic carbocycles. The minimum atomic E-state index is -3.85. The van der Waals surface area contributed by atoms with Gasteiger partial charge >= 0.3 is 0 Å². The molecule has 2 aromatic rings. The van der Waals surface area contributed by atoms with Crippen LogP contribution in [0.15, 0.2) is 47.4 Å². The zero-order valence-electron chi connectivity index (χ0n) is 20.1. The Labute approximate surface area is 210 Å². The first-order valence-corrected chi connectivity index (χ1v) is 13.3. The van der Waals surface area contributed by atoms with E-state index in [0.717, 1.165) is 17.4 Å². The number of nitro groups is 1. The number of piperidine rings is 1. The van der Waals surface area contributed by atoms with Gasteiger partial charge < -0.3 is 19.7 Å². The molecule has 2 aliphatic heterocycles. The molecule has 4 rings (SSSR count). The third kappa shape index (κ3) is 5.77. The number of rotatable bonds is 8. The number of carbonyl (C=O) groups excluding carboxylic acids is 1. The van der Waals surface area contributed by atoms with Crippen LogP contribution in [0, 0.1) is 16.0 Å². The van der Waals surface area contributed by atoms with E-state index in [1.54, 1.807) is 7.11 Å². The molecule has 0 aliphatic carbocycles. The van der Waals surface area contributed by atoms with Gasteiger partial charge in [-0.25, -0.2) is 8.42 Å². The summed E-state index contributed by atoms with van der Waals surface area (Å²) >= 11 is 0. The van der Waals surface area contributed by atoms with Crippen molar-refractivity contribution in [2.75, 3.05) is 51.4 Å². The Morgan fingerprint density at radius 3 is 2.53 bits per heavy atom. The van der Waals surface area contributed by atoms with Gasteiger partial charge in [0.15, 0.2) is 0 Å². The maximum absolute atomic E-state index is 13.0. The fourth-order valence-electron chi connectivity index (χ4n) is 4.51. The van der Waals surface area contributed by atoms with Gasteiger partial charge in [-0.15, -0.1) is 0 Å². The molecule has 12 heteroatoms. The number of methoxy groups -OCH3 is 1. The molecule has 0 bridgehead atoms. The average Bonchev–Trinajstić information content (AvgIpc) is 2.92. The molecular weight excluding hydrogens is 488 g/mol. The summed E-state index contributed by atoms with van der Waals surface area (Å²) in [5.41, 5.74) is 1.03. The van der Waals surface area contributed by atoms with Crippen LogP contribution in [0.5, 0.6) is 5.75 Å². The summed E-state index contributed by atoms with van der Waals surface area (Å²) in [5, 5.41) is 14.8. The molecule has 0 atom stereocenters. The molecule has 0 unspecified atom stereocenters. The smallest absolute Gasteiger partial charge is 0.293 e. The summed E-state index contributed by atoms with van der Waals surface area (Å²) in [6.45, 7) is 2.31. The van der Waals surface area contributed by atoms with E-state index in [4.69, 9.17) is 9.47 Å². The van der Waals surface area contributed by atoms with Gasteiger partial charge in [0, 0.05) is 44.7 Å². The Morgan fingerprint density at radius 2 is 1.86 bits per heavy atom. The van der Waals surface area contributed by atoms with Crippen molar-refractivity contribution in [2.45, 2.75) is 24.3 Å². The summed E-state index contributed by atoms with van der Waals surface area (Å²) in [5.74, 6) is 0.464. The molecule has 194 valence electrons. The van der Waals surface area contributed by atoms with Crippen LogP contribution >= 0.6 is 0 Å². The number of nitrogens with one attached hydrogen (secondary N) is 1. The van der Waals surface area contributed by atoms with Crippen molar-refractivity contribution in [3.63, 3.8) is 0 Å². The number of morpholine rings is 1. The van der Waals surface area contributed by atoms with E-state index in [9.17, 15) is 23.3 Å². The van der Waals surface area contributed by atoms with Gasteiger partial charge in [0.1, 0.15) is 11.4 Å².